The molecule has 13 nitrogen and oxygen atoms in total. The Hall–Kier alpha value is -3.58. The first-order valence-electron chi connectivity index (χ1n) is 21.0. The van der Waals surface area contributed by atoms with Gasteiger partial charge < -0.3 is 38.2 Å². The number of rotatable bonds is 12. The number of pyridine rings is 1. The Morgan fingerprint density at radius 3 is 2.31 bits per heavy atom. The van der Waals surface area contributed by atoms with Gasteiger partial charge in [-0.25, -0.2) is 9.78 Å². The quantitative estimate of drug-likeness (QED) is 0.228. The molecule has 2 bridgehead atoms. The lowest BCUT2D eigenvalue weighted by atomic mass is 9.85. The number of anilines is 2. The molecule has 13 heteroatoms. The van der Waals surface area contributed by atoms with Gasteiger partial charge in [0.05, 0.1) is 19.3 Å². The van der Waals surface area contributed by atoms with Gasteiger partial charge >= 0.3 is 12.1 Å². The number of hydrogen-bond acceptors (Lipinski definition) is 12. The number of methoxy groups -OCH3 is 1. The van der Waals surface area contributed by atoms with Crippen LogP contribution in [0.1, 0.15) is 104 Å². The lowest BCUT2D eigenvalue weighted by Crippen LogP contribution is -2.56. The monoisotopic (exact) mass is 762 g/mol. The Bertz CT molecular complexity index is 1620. The summed E-state index contributed by atoms with van der Waals surface area (Å²) < 4.78 is 29.1. The summed E-state index contributed by atoms with van der Waals surface area (Å²) in [4.78, 5) is 38.5. The van der Waals surface area contributed by atoms with Crippen molar-refractivity contribution in [1.29, 1.82) is 0 Å². The van der Waals surface area contributed by atoms with Gasteiger partial charge in [0.2, 0.25) is 5.88 Å². The predicted molar refractivity (Wildman–Crippen MR) is 207 cm³/mol. The van der Waals surface area contributed by atoms with E-state index in [0.717, 1.165) is 87.9 Å². The van der Waals surface area contributed by atoms with Gasteiger partial charge in [0.25, 0.3) is 0 Å². The molecule has 2 aromatic rings. The zero-order valence-corrected chi connectivity index (χ0v) is 33.6. The van der Waals surface area contributed by atoms with E-state index in [9.17, 15) is 9.59 Å². The molecule has 2 aromatic heterocycles. The first kappa shape index (κ1) is 38.3. The Kier molecular flexibility index (Phi) is 11.0. The van der Waals surface area contributed by atoms with Crippen LogP contribution in [0.3, 0.4) is 0 Å². The van der Waals surface area contributed by atoms with Crippen LogP contribution in [-0.2, 0) is 25.4 Å². The molecule has 4 saturated heterocycles. The van der Waals surface area contributed by atoms with Crippen LogP contribution in [0.4, 0.5) is 16.3 Å². The fraction of sp³-hybridized carbons (Fsp3) is 0.762. The fourth-order valence-corrected chi connectivity index (χ4v) is 10.1. The Morgan fingerprint density at radius 1 is 0.945 bits per heavy atom. The number of ether oxygens (including phenoxy) is 4. The van der Waals surface area contributed by atoms with Gasteiger partial charge in [0.15, 0.2) is 5.82 Å². The van der Waals surface area contributed by atoms with E-state index in [0.29, 0.717) is 43.5 Å². The minimum atomic E-state index is -0.490. The van der Waals surface area contributed by atoms with Crippen molar-refractivity contribution in [2.24, 2.45) is 11.8 Å². The van der Waals surface area contributed by atoms with Gasteiger partial charge in [-0.1, -0.05) is 12.1 Å². The van der Waals surface area contributed by atoms with Crippen molar-refractivity contribution in [3.8, 4) is 5.88 Å². The predicted octanol–water partition coefficient (Wildman–Crippen LogP) is 6.24. The molecule has 8 rings (SSSR count). The summed E-state index contributed by atoms with van der Waals surface area (Å²) in [6.45, 7) is 13.4. The Morgan fingerprint density at radius 2 is 1.65 bits per heavy atom. The van der Waals surface area contributed by atoms with Crippen molar-refractivity contribution >= 4 is 23.6 Å². The number of likely N-dealkylation sites (tertiary alicyclic amines) is 2. The number of amides is 1. The molecule has 2 unspecified atom stereocenters. The van der Waals surface area contributed by atoms with Gasteiger partial charge in [-0.05, 0) is 90.0 Å². The molecule has 0 radical (unpaired) electrons. The number of carbonyl (C=O) groups excluding carboxylic acids is 2. The molecule has 0 N–H and O–H groups in total. The Labute approximate surface area is 326 Å². The van der Waals surface area contributed by atoms with Gasteiger partial charge in [0.1, 0.15) is 17.5 Å². The highest BCUT2D eigenvalue weighted by atomic mass is 16.6. The third-order valence-electron chi connectivity index (χ3n) is 13.1. The fourth-order valence-electron chi connectivity index (χ4n) is 10.1. The molecule has 0 spiro atoms. The first-order valence-corrected chi connectivity index (χ1v) is 21.0. The maximum absolute atomic E-state index is 12.8. The van der Waals surface area contributed by atoms with Crippen LogP contribution in [0.5, 0.6) is 5.88 Å². The largest absolute Gasteiger partial charge is 0.474 e. The molecule has 3 atom stereocenters. The lowest BCUT2D eigenvalue weighted by Gasteiger charge is -2.45. The van der Waals surface area contributed by atoms with Gasteiger partial charge in [-0.2, -0.15) is 0 Å². The summed E-state index contributed by atoms with van der Waals surface area (Å²) in [6, 6.07) is 6.76. The highest BCUT2D eigenvalue weighted by Crippen LogP contribution is 2.52. The minimum absolute atomic E-state index is 0.133. The molecular formula is C42H62N6O7. The Balaban J connectivity index is 0.744. The highest BCUT2D eigenvalue weighted by molar-refractivity contribution is 5.70. The summed E-state index contributed by atoms with van der Waals surface area (Å²) in [7, 11) is 1.43. The van der Waals surface area contributed by atoms with Crippen LogP contribution < -0.4 is 14.5 Å². The molecule has 0 aromatic carbocycles. The number of aromatic nitrogens is 2. The minimum Gasteiger partial charge on any atom is -0.474 e. The summed E-state index contributed by atoms with van der Waals surface area (Å²) in [6.07, 6.45) is 14.6. The summed E-state index contributed by atoms with van der Waals surface area (Å²) in [5.74, 6) is 3.12. The lowest BCUT2D eigenvalue weighted by molar-refractivity contribution is -0.141. The van der Waals surface area contributed by atoms with Crippen molar-refractivity contribution < 1.29 is 33.1 Å². The normalized spacial score (nSPS) is 27.8. The first-order chi connectivity index (χ1) is 26.4. The van der Waals surface area contributed by atoms with Crippen molar-refractivity contribution in [2.75, 3.05) is 56.2 Å². The van der Waals surface area contributed by atoms with E-state index in [1.54, 1.807) is 0 Å². The number of piperidine rings is 2. The topological polar surface area (TPSA) is 123 Å². The molecule has 2 aliphatic carbocycles. The van der Waals surface area contributed by atoms with Gasteiger partial charge in [0, 0.05) is 107 Å². The number of nitrogens with zero attached hydrogens (tertiary/aromatic N) is 6. The van der Waals surface area contributed by atoms with E-state index < -0.39 is 5.60 Å². The van der Waals surface area contributed by atoms with Crippen molar-refractivity contribution in [3.63, 3.8) is 0 Å². The molecular weight excluding hydrogens is 700 g/mol. The molecule has 55 heavy (non-hydrogen) atoms. The maximum Gasteiger partial charge on any atom is 0.410 e. The van der Waals surface area contributed by atoms with Crippen LogP contribution >= 0.6 is 0 Å². The van der Waals surface area contributed by atoms with E-state index in [4.69, 9.17) is 23.5 Å². The highest BCUT2D eigenvalue weighted by Gasteiger charge is 2.54. The second-order valence-corrected chi connectivity index (χ2v) is 18.3. The zero-order valence-electron chi connectivity index (χ0n) is 33.6. The summed E-state index contributed by atoms with van der Waals surface area (Å²) >= 11 is 0. The summed E-state index contributed by atoms with van der Waals surface area (Å²) in [5.41, 5.74) is 1.01. The van der Waals surface area contributed by atoms with Gasteiger partial charge in [-0.15, -0.1) is 0 Å². The average molecular weight is 763 g/mol. The molecule has 4 aliphatic heterocycles. The van der Waals surface area contributed by atoms with E-state index in [1.807, 2.05) is 38.8 Å². The van der Waals surface area contributed by atoms with E-state index in [2.05, 4.69) is 43.0 Å². The standard InChI is InChI=1S/C42H62N6O7/c1-28(21-39(49)51-5)20-36-25-37(44-55-36)45-16-9-29(10-17-45)42(13-14-42)47-18-11-33(12-19-47)52-34-23-35(24-34)53-38-22-30(8-15-43-38)48-31-6-7-32(48)27-46(26-31)40(50)54-41(2,3)4/h8,15,22,25,28-29,31-35H,6-7,9-14,16-21,23-24,26-27H2,1-5H3/t28-,31?,32?,34?,35?/m0/s1. The number of hydrogen-bond donors (Lipinski definition) is 0. The molecule has 6 fully saturated rings. The van der Waals surface area contributed by atoms with Crippen LogP contribution in [0, 0.1) is 11.8 Å². The molecule has 1 amide bonds. The number of carbonyl (C=O) groups is 2. The SMILES string of the molecule is COC(=O)C[C@@H](C)Cc1cc(N2CCC(C3(N4CCC(OC5CC(Oc6cc(N7C8CCC7CN(C(=O)OC(C)(C)C)C8)ccn6)C5)CC4)CC3)CC2)no1. The van der Waals surface area contributed by atoms with Crippen LogP contribution in [0.15, 0.2) is 28.9 Å². The molecule has 6 aliphatic rings. The number of piperazine rings is 1. The molecule has 2 saturated carbocycles. The van der Waals surface area contributed by atoms with Crippen LogP contribution in [-0.4, -0.2) is 120 Å². The van der Waals surface area contributed by atoms with E-state index in [-0.39, 0.29) is 42.3 Å². The number of esters is 1. The maximum atomic E-state index is 12.8. The van der Waals surface area contributed by atoms with Crippen molar-refractivity contribution in [3.05, 3.63) is 30.2 Å². The van der Waals surface area contributed by atoms with E-state index >= 15 is 0 Å². The second kappa shape index (κ2) is 15.8. The van der Waals surface area contributed by atoms with Crippen LogP contribution in [0.2, 0.25) is 0 Å². The third kappa shape index (κ3) is 8.72. The number of fused-ring (bicyclic) bond motifs is 2. The van der Waals surface area contributed by atoms with Crippen molar-refractivity contribution in [2.45, 2.75) is 146 Å². The smallest absolute Gasteiger partial charge is 0.410 e. The second-order valence-electron chi connectivity index (χ2n) is 18.3. The third-order valence-corrected chi connectivity index (χ3v) is 13.1. The van der Waals surface area contributed by atoms with E-state index in [1.165, 1.54) is 32.8 Å². The molecule has 302 valence electrons. The molecule has 6 heterocycles. The summed E-state index contributed by atoms with van der Waals surface area (Å²) in [5, 5.41) is 4.38. The zero-order chi connectivity index (χ0) is 38.3. The van der Waals surface area contributed by atoms with Gasteiger partial charge in [-0.3, -0.25) is 9.69 Å². The average Bonchev–Trinajstić information content (AvgIpc) is 3.75. The van der Waals surface area contributed by atoms with Crippen LogP contribution in [0.25, 0.3) is 0 Å². The van der Waals surface area contributed by atoms with Crippen molar-refractivity contribution in [1.82, 2.24) is 19.9 Å².